The van der Waals surface area contributed by atoms with Gasteiger partial charge in [-0.1, -0.05) is 24.3 Å². The molecule has 1 unspecified atom stereocenters. The lowest BCUT2D eigenvalue weighted by Gasteiger charge is -2.26. The van der Waals surface area contributed by atoms with Crippen LogP contribution in [0.4, 0.5) is 0 Å². The van der Waals surface area contributed by atoms with Crippen LogP contribution in [0.2, 0.25) is 0 Å². The SMILES string of the molecule is C=CC1=CCC(C)(O)CC1. The van der Waals surface area contributed by atoms with Crippen molar-refractivity contribution in [3.63, 3.8) is 0 Å². The van der Waals surface area contributed by atoms with Crippen molar-refractivity contribution in [3.8, 4) is 0 Å². The molecule has 1 aliphatic carbocycles. The van der Waals surface area contributed by atoms with E-state index in [1.807, 2.05) is 13.0 Å². The lowest BCUT2D eigenvalue weighted by atomic mass is 9.87. The molecule has 0 radical (unpaired) electrons. The van der Waals surface area contributed by atoms with Crippen molar-refractivity contribution in [1.82, 2.24) is 0 Å². The lowest BCUT2D eigenvalue weighted by Crippen LogP contribution is -2.25. The van der Waals surface area contributed by atoms with Gasteiger partial charge < -0.3 is 5.11 Å². The number of hydrogen-bond donors (Lipinski definition) is 1. The van der Waals surface area contributed by atoms with E-state index in [-0.39, 0.29) is 0 Å². The summed E-state index contributed by atoms with van der Waals surface area (Å²) in [7, 11) is 0. The fraction of sp³-hybridized carbons (Fsp3) is 0.556. The van der Waals surface area contributed by atoms with Gasteiger partial charge in [0, 0.05) is 0 Å². The summed E-state index contributed by atoms with van der Waals surface area (Å²) in [6, 6.07) is 0. The monoisotopic (exact) mass is 138 g/mol. The second kappa shape index (κ2) is 2.59. The average Bonchev–Trinajstić information content (AvgIpc) is 1.88. The van der Waals surface area contributed by atoms with Gasteiger partial charge in [0.2, 0.25) is 0 Å². The third-order valence-electron chi connectivity index (χ3n) is 2.02. The van der Waals surface area contributed by atoms with Crippen molar-refractivity contribution in [2.75, 3.05) is 0 Å². The predicted octanol–water partition coefficient (Wildman–Crippen LogP) is 2.03. The third kappa shape index (κ3) is 1.71. The summed E-state index contributed by atoms with van der Waals surface area (Å²) in [4.78, 5) is 0. The van der Waals surface area contributed by atoms with Gasteiger partial charge in [0.1, 0.15) is 0 Å². The minimum absolute atomic E-state index is 0.466. The Balaban J connectivity index is 2.60. The van der Waals surface area contributed by atoms with Gasteiger partial charge in [-0.25, -0.2) is 0 Å². The number of rotatable bonds is 1. The molecule has 0 amide bonds. The molecular weight excluding hydrogens is 124 g/mol. The Morgan fingerprint density at radius 1 is 1.80 bits per heavy atom. The molecular formula is C9H14O. The van der Waals surface area contributed by atoms with Gasteiger partial charge >= 0.3 is 0 Å². The predicted molar refractivity (Wildman–Crippen MR) is 42.8 cm³/mol. The highest BCUT2D eigenvalue weighted by molar-refractivity contribution is 5.20. The van der Waals surface area contributed by atoms with Crippen LogP contribution in [0.25, 0.3) is 0 Å². The first kappa shape index (κ1) is 7.55. The molecule has 0 aromatic rings. The first-order valence-corrected chi connectivity index (χ1v) is 3.68. The molecule has 1 N–H and O–H groups in total. The molecule has 0 aromatic carbocycles. The molecule has 1 nitrogen and oxygen atoms in total. The summed E-state index contributed by atoms with van der Waals surface area (Å²) in [5.41, 5.74) is 0.804. The number of allylic oxidation sites excluding steroid dienone is 2. The van der Waals surface area contributed by atoms with Crippen LogP contribution < -0.4 is 0 Å². The van der Waals surface area contributed by atoms with Gasteiger partial charge in [-0.3, -0.25) is 0 Å². The third-order valence-corrected chi connectivity index (χ3v) is 2.02. The van der Waals surface area contributed by atoms with Gasteiger partial charge in [0.25, 0.3) is 0 Å². The first-order chi connectivity index (χ1) is 4.64. The second-order valence-corrected chi connectivity index (χ2v) is 3.18. The Hall–Kier alpha value is -0.560. The van der Waals surface area contributed by atoms with Crippen molar-refractivity contribution < 1.29 is 5.11 Å². The maximum Gasteiger partial charge on any atom is 0.0657 e. The molecule has 1 heteroatoms. The van der Waals surface area contributed by atoms with Crippen molar-refractivity contribution >= 4 is 0 Å². The summed E-state index contributed by atoms with van der Waals surface area (Å²) >= 11 is 0. The highest BCUT2D eigenvalue weighted by Crippen LogP contribution is 2.26. The molecule has 0 saturated heterocycles. The molecule has 0 heterocycles. The standard InChI is InChI=1S/C9H14O/c1-3-8-4-6-9(2,10)7-5-8/h3-4,10H,1,5-7H2,2H3. The van der Waals surface area contributed by atoms with E-state index in [0.717, 1.165) is 19.3 Å². The van der Waals surface area contributed by atoms with Crippen molar-refractivity contribution in [2.24, 2.45) is 0 Å². The quantitative estimate of drug-likeness (QED) is 0.588. The molecule has 0 aromatic heterocycles. The Morgan fingerprint density at radius 2 is 2.50 bits per heavy atom. The van der Waals surface area contributed by atoms with Gasteiger partial charge in [-0.05, 0) is 26.2 Å². The van der Waals surface area contributed by atoms with E-state index in [1.165, 1.54) is 5.57 Å². The van der Waals surface area contributed by atoms with Gasteiger partial charge in [0.15, 0.2) is 0 Å². The zero-order valence-electron chi connectivity index (χ0n) is 6.43. The second-order valence-electron chi connectivity index (χ2n) is 3.18. The summed E-state index contributed by atoms with van der Waals surface area (Å²) in [5, 5.41) is 9.51. The van der Waals surface area contributed by atoms with E-state index in [4.69, 9.17) is 0 Å². The van der Waals surface area contributed by atoms with Crippen LogP contribution in [0.5, 0.6) is 0 Å². The largest absolute Gasteiger partial charge is 0.390 e. The van der Waals surface area contributed by atoms with Crippen LogP contribution >= 0.6 is 0 Å². The van der Waals surface area contributed by atoms with Crippen LogP contribution in [-0.4, -0.2) is 10.7 Å². The first-order valence-electron chi connectivity index (χ1n) is 3.68. The average molecular weight is 138 g/mol. The molecule has 1 aliphatic rings. The zero-order valence-corrected chi connectivity index (χ0v) is 6.43. The minimum Gasteiger partial charge on any atom is -0.390 e. The molecule has 0 saturated carbocycles. The molecule has 10 heavy (non-hydrogen) atoms. The summed E-state index contributed by atoms with van der Waals surface area (Å²) < 4.78 is 0. The number of aliphatic hydroxyl groups is 1. The smallest absolute Gasteiger partial charge is 0.0657 e. The molecule has 1 rings (SSSR count). The fourth-order valence-electron chi connectivity index (χ4n) is 1.15. The van der Waals surface area contributed by atoms with E-state index >= 15 is 0 Å². The van der Waals surface area contributed by atoms with Crippen LogP contribution in [-0.2, 0) is 0 Å². The normalized spacial score (nSPS) is 33.2. The van der Waals surface area contributed by atoms with Crippen LogP contribution in [0.15, 0.2) is 24.3 Å². The summed E-state index contributed by atoms with van der Waals surface area (Å²) in [6.07, 6.45) is 6.54. The Bertz CT molecular complexity index is 166. The maximum absolute atomic E-state index is 9.51. The molecule has 0 bridgehead atoms. The highest BCUT2D eigenvalue weighted by Gasteiger charge is 2.21. The molecule has 0 fully saturated rings. The van der Waals surface area contributed by atoms with Gasteiger partial charge in [-0.15, -0.1) is 0 Å². The molecule has 0 spiro atoms. The molecule has 56 valence electrons. The van der Waals surface area contributed by atoms with Crippen LogP contribution in [0.1, 0.15) is 26.2 Å². The Kier molecular flexibility index (Phi) is 1.95. The summed E-state index contributed by atoms with van der Waals surface area (Å²) in [6.45, 7) is 5.56. The van der Waals surface area contributed by atoms with Gasteiger partial charge in [-0.2, -0.15) is 0 Å². The molecule has 0 aliphatic heterocycles. The lowest BCUT2D eigenvalue weighted by molar-refractivity contribution is 0.0500. The highest BCUT2D eigenvalue weighted by atomic mass is 16.3. The van der Waals surface area contributed by atoms with E-state index in [2.05, 4.69) is 12.7 Å². The topological polar surface area (TPSA) is 20.2 Å². The van der Waals surface area contributed by atoms with Gasteiger partial charge in [0.05, 0.1) is 5.60 Å². The van der Waals surface area contributed by atoms with Crippen molar-refractivity contribution in [3.05, 3.63) is 24.3 Å². The van der Waals surface area contributed by atoms with Crippen LogP contribution in [0.3, 0.4) is 0 Å². The Morgan fingerprint density at radius 3 is 2.90 bits per heavy atom. The Labute approximate surface area is 62.1 Å². The molecule has 1 atom stereocenters. The minimum atomic E-state index is -0.466. The van der Waals surface area contributed by atoms with Crippen molar-refractivity contribution in [1.29, 1.82) is 0 Å². The van der Waals surface area contributed by atoms with E-state index < -0.39 is 5.60 Å². The van der Waals surface area contributed by atoms with E-state index in [9.17, 15) is 5.11 Å². The summed E-state index contributed by atoms with van der Waals surface area (Å²) in [5.74, 6) is 0. The van der Waals surface area contributed by atoms with E-state index in [0.29, 0.717) is 0 Å². The number of hydrogen-bond acceptors (Lipinski definition) is 1. The fourth-order valence-corrected chi connectivity index (χ4v) is 1.15. The maximum atomic E-state index is 9.51. The zero-order chi connectivity index (χ0) is 7.61. The van der Waals surface area contributed by atoms with Crippen molar-refractivity contribution in [2.45, 2.75) is 31.8 Å². The van der Waals surface area contributed by atoms with E-state index in [1.54, 1.807) is 0 Å². The van der Waals surface area contributed by atoms with Crippen LogP contribution in [0, 0.1) is 0 Å².